The van der Waals surface area contributed by atoms with Crippen LogP contribution in [0.4, 0.5) is 14.0 Å². The first-order valence-electron chi connectivity index (χ1n) is 16.7. The minimum atomic E-state index is -4.29. The number of aryl methyl sites for hydroxylation is 1. The molecule has 0 saturated carbocycles. The maximum absolute atomic E-state index is 15.9. The van der Waals surface area contributed by atoms with Crippen LogP contribution in [-0.4, -0.2) is 81.8 Å². The summed E-state index contributed by atoms with van der Waals surface area (Å²) in [5.41, 5.74) is -1.65. The van der Waals surface area contributed by atoms with Crippen molar-refractivity contribution in [3.63, 3.8) is 0 Å². The van der Waals surface area contributed by atoms with Gasteiger partial charge in [0.05, 0.1) is 5.75 Å². The monoisotopic (exact) mass is 720 g/mol. The standard InChI is InChI=1S/C38H45FN4O7S/c1-25-14-17-30(40-20-25)31(44)19-27-15-16-29(39)28(18-27)37(8)24-51(47,48)38(22-42(23-38)21-26-12-10-9-11-13-26)32(41-37)43(33(45)49-35(2,3)4)34(46)50-36(5,6)7/h9-18,20H,19,21-24H2,1-8H3/t37-/m0/s1. The van der Waals surface area contributed by atoms with Crippen LogP contribution in [0.15, 0.2) is 71.9 Å². The number of amides is 2. The van der Waals surface area contributed by atoms with Crippen molar-refractivity contribution in [2.24, 2.45) is 4.99 Å². The van der Waals surface area contributed by atoms with Crippen LogP contribution < -0.4 is 0 Å². The third-order valence-corrected chi connectivity index (χ3v) is 11.1. The van der Waals surface area contributed by atoms with Gasteiger partial charge in [-0.05, 0) is 90.3 Å². The molecule has 0 unspecified atom stereocenters. The first-order valence-corrected chi connectivity index (χ1v) is 18.4. The third-order valence-electron chi connectivity index (χ3n) is 8.57. The molecule has 2 aliphatic heterocycles. The second-order valence-corrected chi connectivity index (χ2v) is 17.8. The lowest BCUT2D eigenvalue weighted by atomic mass is 9.89. The highest BCUT2D eigenvalue weighted by Crippen LogP contribution is 2.45. The maximum Gasteiger partial charge on any atom is 0.425 e. The molecule has 2 aromatic carbocycles. The van der Waals surface area contributed by atoms with Crippen LogP contribution in [-0.2, 0) is 37.8 Å². The molecule has 1 atom stereocenters. The van der Waals surface area contributed by atoms with Crippen molar-refractivity contribution in [1.29, 1.82) is 0 Å². The Morgan fingerprint density at radius 2 is 1.51 bits per heavy atom. The second kappa shape index (κ2) is 13.6. The van der Waals surface area contributed by atoms with Gasteiger partial charge in [-0.2, -0.15) is 4.90 Å². The molecule has 0 radical (unpaired) electrons. The van der Waals surface area contributed by atoms with E-state index in [-0.39, 0.29) is 36.6 Å². The number of ether oxygens (including phenoxy) is 2. The van der Waals surface area contributed by atoms with Gasteiger partial charge in [0.25, 0.3) is 0 Å². The van der Waals surface area contributed by atoms with Crippen molar-refractivity contribution < 1.29 is 36.7 Å². The number of carbonyl (C=O) groups is 3. The lowest BCUT2D eigenvalue weighted by molar-refractivity contribution is 0.0122. The molecule has 1 spiro atoms. The van der Waals surface area contributed by atoms with E-state index in [9.17, 15) is 22.8 Å². The van der Waals surface area contributed by atoms with Gasteiger partial charge < -0.3 is 9.47 Å². The van der Waals surface area contributed by atoms with Gasteiger partial charge >= 0.3 is 12.2 Å². The SMILES string of the molecule is Cc1ccc(C(=O)Cc2ccc(F)c([C@]3(C)CS(=O)(=O)C4(CN(Cc5ccccc5)C4)C(N(C(=O)OC(C)(C)C)C(=O)OC(C)(C)C)=N3)c2)nc1. The molecule has 13 heteroatoms. The summed E-state index contributed by atoms with van der Waals surface area (Å²) >= 11 is 0. The Labute approximate surface area is 298 Å². The average molecular weight is 721 g/mol. The van der Waals surface area contributed by atoms with Crippen molar-refractivity contribution in [2.45, 2.75) is 89.8 Å². The van der Waals surface area contributed by atoms with Gasteiger partial charge in [0, 0.05) is 37.8 Å². The fourth-order valence-electron chi connectivity index (χ4n) is 6.24. The van der Waals surface area contributed by atoms with E-state index < -0.39 is 60.9 Å². The smallest absolute Gasteiger partial charge is 0.425 e. The van der Waals surface area contributed by atoms with E-state index in [4.69, 9.17) is 14.5 Å². The molecule has 0 N–H and O–H groups in total. The zero-order valence-corrected chi connectivity index (χ0v) is 31.1. The summed E-state index contributed by atoms with van der Waals surface area (Å²) in [5, 5.41) is 0. The number of nitrogens with zero attached hydrogens (tertiary/aromatic N) is 4. The first kappa shape index (κ1) is 37.8. The van der Waals surface area contributed by atoms with E-state index in [0.29, 0.717) is 17.0 Å². The molecule has 5 rings (SSSR count). The Morgan fingerprint density at radius 1 is 0.902 bits per heavy atom. The van der Waals surface area contributed by atoms with Gasteiger partial charge in [-0.15, -0.1) is 0 Å². The maximum atomic E-state index is 15.9. The number of amidine groups is 1. The number of halogens is 1. The molecule has 1 fully saturated rings. The summed E-state index contributed by atoms with van der Waals surface area (Å²) in [6.07, 6.45) is -0.919. The van der Waals surface area contributed by atoms with Crippen LogP contribution in [0.5, 0.6) is 0 Å². The highest BCUT2D eigenvalue weighted by atomic mass is 32.2. The van der Waals surface area contributed by atoms with Crippen LogP contribution in [0, 0.1) is 12.7 Å². The molecule has 2 aliphatic rings. The Balaban J connectivity index is 1.64. The van der Waals surface area contributed by atoms with Crippen LogP contribution >= 0.6 is 0 Å². The van der Waals surface area contributed by atoms with E-state index >= 15 is 4.39 Å². The van der Waals surface area contributed by atoms with Crippen molar-refractivity contribution in [3.05, 3.63) is 101 Å². The number of imide groups is 1. The van der Waals surface area contributed by atoms with Crippen LogP contribution in [0.3, 0.4) is 0 Å². The summed E-state index contributed by atoms with van der Waals surface area (Å²) in [7, 11) is -4.29. The largest absolute Gasteiger partial charge is 0.443 e. The number of ketones is 1. The number of carbonyl (C=O) groups excluding carboxylic acids is 3. The number of aliphatic imine (C=N–C) groups is 1. The quantitative estimate of drug-likeness (QED) is 0.264. The number of hydrogen-bond donors (Lipinski definition) is 0. The van der Waals surface area contributed by atoms with E-state index in [1.54, 1.807) is 59.9 Å². The zero-order valence-electron chi connectivity index (χ0n) is 30.3. The molecule has 272 valence electrons. The minimum absolute atomic E-state index is 0.0954. The van der Waals surface area contributed by atoms with Crippen LogP contribution in [0.2, 0.25) is 0 Å². The summed E-state index contributed by atoms with van der Waals surface area (Å²) in [6.45, 7) is 13.1. The van der Waals surface area contributed by atoms with Gasteiger partial charge in [0.1, 0.15) is 34.1 Å². The Hall–Kier alpha value is -4.49. The highest BCUT2D eigenvalue weighted by molar-refractivity contribution is 7.93. The number of sulfone groups is 1. The van der Waals surface area contributed by atoms with Gasteiger partial charge in [-0.3, -0.25) is 19.7 Å². The summed E-state index contributed by atoms with van der Waals surface area (Å²) in [6, 6.07) is 16.8. The highest BCUT2D eigenvalue weighted by Gasteiger charge is 2.65. The predicted molar refractivity (Wildman–Crippen MR) is 191 cm³/mol. The molecule has 3 aromatic rings. The van der Waals surface area contributed by atoms with Crippen molar-refractivity contribution >= 4 is 33.6 Å². The van der Waals surface area contributed by atoms with Crippen LogP contribution in [0.25, 0.3) is 0 Å². The fourth-order valence-corrected chi connectivity index (χ4v) is 8.65. The number of likely N-dealkylation sites (tertiary alicyclic amines) is 1. The average Bonchev–Trinajstić information content (AvgIpc) is 2.97. The number of aromatic nitrogens is 1. The third kappa shape index (κ3) is 8.20. The topological polar surface area (TPSA) is 136 Å². The van der Waals surface area contributed by atoms with Crippen LogP contribution in [0.1, 0.15) is 81.2 Å². The zero-order chi connectivity index (χ0) is 37.6. The molecule has 0 bridgehead atoms. The van der Waals surface area contributed by atoms with E-state index in [1.165, 1.54) is 19.1 Å². The number of pyridine rings is 1. The predicted octanol–water partition coefficient (Wildman–Crippen LogP) is 6.42. The molecule has 11 nitrogen and oxygen atoms in total. The number of Topliss-reactive ketones (excluding diaryl/α,β-unsaturated/α-hetero) is 1. The Morgan fingerprint density at radius 3 is 2.06 bits per heavy atom. The summed E-state index contributed by atoms with van der Waals surface area (Å²) in [4.78, 5) is 52.4. The van der Waals surface area contributed by atoms with Gasteiger partial charge in [0.2, 0.25) is 0 Å². The molecule has 2 amide bonds. The Kier molecular flexibility index (Phi) is 10.0. The van der Waals surface area contributed by atoms with E-state index in [2.05, 4.69) is 4.98 Å². The molecular formula is C38H45FN4O7S. The Bertz CT molecular complexity index is 1940. The second-order valence-electron chi connectivity index (χ2n) is 15.5. The van der Waals surface area contributed by atoms with Crippen molar-refractivity contribution in [2.75, 3.05) is 18.8 Å². The van der Waals surface area contributed by atoms with E-state index in [1.807, 2.05) is 42.2 Å². The lowest BCUT2D eigenvalue weighted by Gasteiger charge is -2.54. The summed E-state index contributed by atoms with van der Waals surface area (Å²) < 4.78 is 54.6. The first-order chi connectivity index (χ1) is 23.6. The molecule has 51 heavy (non-hydrogen) atoms. The summed E-state index contributed by atoms with van der Waals surface area (Å²) in [5.74, 6) is -2.12. The minimum Gasteiger partial charge on any atom is -0.443 e. The molecule has 1 aromatic heterocycles. The molecule has 0 aliphatic carbocycles. The molecule has 1 saturated heterocycles. The van der Waals surface area contributed by atoms with Crippen molar-refractivity contribution in [3.8, 4) is 0 Å². The number of rotatable bonds is 6. The van der Waals surface area contributed by atoms with Gasteiger partial charge in [-0.25, -0.2) is 22.4 Å². The van der Waals surface area contributed by atoms with Gasteiger partial charge in [0.15, 0.2) is 20.4 Å². The number of hydrogen-bond acceptors (Lipinski definition) is 10. The van der Waals surface area contributed by atoms with Gasteiger partial charge in [-0.1, -0.05) is 42.5 Å². The van der Waals surface area contributed by atoms with E-state index in [0.717, 1.165) is 17.2 Å². The lowest BCUT2D eigenvalue weighted by Crippen LogP contribution is -2.76. The fraction of sp³-hybridized carbons (Fsp3) is 0.447. The molecule has 3 heterocycles. The van der Waals surface area contributed by atoms with Crippen molar-refractivity contribution in [1.82, 2.24) is 14.8 Å². The normalized spacial score (nSPS) is 19.8. The number of benzene rings is 2. The molecular weight excluding hydrogens is 676 g/mol.